The molecule has 0 saturated heterocycles. The van der Waals surface area contributed by atoms with Crippen LogP contribution < -0.4 is 5.73 Å². The van der Waals surface area contributed by atoms with Crippen molar-refractivity contribution >= 4 is 0 Å². The van der Waals surface area contributed by atoms with Crippen LogP contribution in [0.4, 0.5) is 0 Å². The molecule has 1 rings (SSSR count). The van der Waals surface area contributed by atoms with Crippen molar-refractivity contribution in [2.24, 2.45) is 5.73 Å². The van der Waals surface area contributed by atoms with Crippen molar-refractivity contribution in [2.75, 3.05) is 0 Å². The van der Waals surface area contributed by atoms with Crippen LogP contribution in [0.1, 0.15) is 52.5 Å². The van der Waals surface area contributed by atoms with Crippen molar-refractivity contribution in [1.29, 1.82) is 0 Å². The van der Waals surface area contributed by atoms with E-state index in [0.29, 0.717) is 0 Å². The van der Waals surface area contributed by atoms with E-state index < -0.39 is 0 Å². The number of nitrogens with two attached hydrogens (primary N) is 1. The lowest BCUT2D eigenvalue weighted by atomic mass is 9.64. The molecular weight excluding hydrogens is 194 g/mol. The molecule has 0 bridgehead atoms. The molecule has 0 saturated carbocycles. The summed E-state index contributed by atoms with van der Waals surface area (Å²) in [6.07, 6.45) is 3.27. The van der Waals surface area contributed by atoms with Crippen LogP contribution in [0.15, 0.2) is 30.3 Å². The summed E-state index contributed by atoms with van der Waals surface area (Å²) in [5.74, 6) is 0. The molecule has 90 valence electrons. The maximum absolute atomic E-state index is 6.55. The summed E-state index contributed by atoms with van der Waals surface area (Å²) in [4.78, 5) is 0. The summed E-state index contributed by atoms with van der Waals surface area (Å²) in [6, 6.07) is 10.7. The Morgan fingerprint density at radius 1 is 1.06 bits per heavy atom. The molecule has 0 aliphatic rings. The third kappa shape index (κ3) is 2.30. The van der Waals surface area contributed by atoms with Gasteiger partial charge in [0.1, 0.15) is 0 Å². The smallest absolute Gasteiger partial charge is 0.0220 e. The monoisotopic (exact) mass is 219 g/mol. The van der Waals surface area contributed by atoms with E-state index in [1.165, 1.54) is 5.56 Å². The first kappa shape index (κ1) is 13.2. The predicted octanol–water partition coefficient (Wildman–Crippen LogP) is 3.87. The van der Waals surface area contributed by atoms with Crippen molar-refractivity contribution < 1.29 is 0 Å². The van der Waals surface area contributed by atoms with Crippen molar-refractivity contribution in [2.45, 2.75) is 57.9 Å². The minimum Gasteiger partial charge on any atom is -0.325 e. The maximum Gasteiger partial charge on any atom is 0.0220 e. The molecule has 16 heavy (non-hydrogen) atoms. The van der Waals surface area contributed by atoms with E-state index in [-0.39, 0.29) is 11.0 Å². The molecule has 0 aromatic heterocycles. The molecule has 0 aliphatic heterocycles. The minimum atomic E-state index is -0.141. The van der Waals surface area contributed by atoms with Gasteiger partial charge in [0, 0.05) is 11.0 Å². The topological polar surface area (TPSA) is 26.0 Å². The second kappa shape index (κ2) is 5.01. The van der Waals surface area contributed by atoms with E-state index in [1.54, 1.807) is 0 Å². The largest absolute Gasteiger partial charge is 0.325 e. The number of benzene rings is 1. The highest BCUT2D eigenvalue weighted by atomic mass is 14.8. The van der Waals surface area contributed by atoms with Gasteiger partial charge in [-0.05, 0) is 25.3 Å². The molecule has 0 amide bonds. The lowest BCUT2D eigenvalue weighted by molar-refractivity contribution is 0.230. The lowest BCUT2D eigenvalue weighted by Gasteiger charge is -2.44. The highest BCUT2D eigenvalue weighted by Gasteiger charge is 2.40. The number of hydrogen-bond donors (Lipinski definition) is 1. The highest BCUT2D eigenvalue weighted by molar-refractivity contribution is 5.29. The van der Waals surface area contributed by atoms with Gasteiger partial charge in [0.05, 0.1) is 0 Å². The van der Waals surface area contributed by atoms with Gasteiger partial charge in [-0.1, -0.05) is 57.5 Å². The summed E-state index contributed by atoms with van der Waals surface area (Å²) in [6.45, 7) is 8.91. The van der Waals surface area contributed by atoms with Crippen LogP contribution in [0.2, 0.25) is 0 Å². The van der Waals surface area contributed by atoms with Gasteiger partial charge in [-0.25, -0.2) is 0 Å². The van der Waals surface area contributed by atoms with Crippen LogP contribution in [0.5, 0.6) is 0 Å². The van der Waals surface area contributed by atoms with E-state index in [9.17, 15) is 0 Å². The van der Waals surface area contributed by atoms with Crippen LogP contribution in [0.3, 0.4) is 0 Å². The summed E-state index contributed by atoms with van der Waals surface area (Å²) in [7, 11) is 0. The summed E-state index contributed by atoms with van der Waals surface area (Å²) in [5, 5.41) is 0. The Morgan fingerprint density at radius 3 is 2.06 bits per heavy atom. The average molecular weight is 219 g/mol. The zero-order valence-electron chi connectivity index (χ0n) is 11.1. The van der Waals surface area contributed by atoms with E-state index in [2.05, 4.69) is 58.0 Å². The molecule has 0 aliphatic carbocycles. The SMILES string of the molecule is CCCC(C)(N)C(C)(CC)c1ccccc1. The Hall–Kier alpha value is -0.820. The first-order valence-corrected chi connectivity index (χ1v) is 6.32. The molecule has 2 atom stereocenters. The zero-order chi connectivity index (χ0) is 12.2. The fraction of sp³-hybridized carbons (Fsp3) is 0.600. The first-order valence-electron chi connectivity index (χ1n) is 6.32. The third-order valence-corrected chi connectivity index (χ3v) is 4.15. The summed E-state index contributed by atoms with van der Waals surface area (Å²) >= 11 is 0. The normalized spacial score (nSPS) is 18.8. The molecule has 0 spiro atoms. The van der Waals surface area contributed by atoms with Crippen LogP contribution in [-0.4, -0.2) is 5.54 Å². The second-order valence-corrected chi connectivity index (χ2v) is 5.22. The molecule has 0 fully saturated rings. The first-order chi connectivity index (χ1) is 7.48. The Kier molecular flexibility index (Phi) is 4.15. The molecule has 1 aromatic rings. The second-order valence-electron chi connectivity index (χ2n) is 5.22. The molecule has 2 N–H and O–H groups in total. The van der Waals surface area contributed by atoms with Crippen LogP contribution in [-0.2, 0) is 5.41 Å². The van der Waals surface area contributed by atoms with Crippen molar-refractivity contribution in [3.05, 3.63) is 35.9 Å². The Morgan fingerprint density at radius 2 is 1.62 bits per heavy atom. The Balaban J connectivity index is 3.11. The van der Waals surface area contributed by atoms with E-state index in [4.69, 9.17) is 5.73 Å². The van der Waals surface area contributed by atoms with Gasteiger partial charge in [0.25, 0.3) is 0 Å². The van der Waals surface area contributed by atoms with E-state index >= 15 is 0 Å². The van der Waals surface area contributed by atoms with Crippen molar-refractivity contribution in [1.82, 2.24) is 0 Å². The lowest BCUT2D eigenvalue weighted by Crippen LogP contribution is -2.54. The number of hydrogen-bond acceptors (Lipinski definition) is 1. The fourth-order valence-electron chi connectivity index (χ4n) is 2.54. The van der Waals surface area contributed by atoms with Gasteiger partial charge >= 0.3 is 0 Å². The summed E-state index contributed by atoms with van der Waals surface area (Å²) in [5.41, 5.74) is 7.82. The standard InChI is InChI=1S/C15H25N/c1-5-12-15(4,16)14(3,6-2)13-10-8-7-9-11-13/h7-11H,5-6,12,16H2,1-4H3. The zero-order valence-corrected chi connectivity index (χ0v) is 11.1. The summed E-state index contributed by atoms with van der Waals surface area (Å²) < 4.78 is 0. The molecular formula is C15H25N. The van der Waals surface area contributed by atoms with Gasteiger partial charge in [0.15, 0.2) is 0 Å². The minimum absolute atomic E-state index is 0.0598. The molecule has 1 heteroatoms. The van der Waals surface area contributed by atoms with E-state index in [1.807, 2.05) is 0 Å². The quantitative estimate of drug-likeness (QED) is 0.799. The van der Waals surface area contributed by atoms with Gasteiger partial charge in [-0.15, -0.1) is 0 Å². The predicted molar refractivity (Wildman–Crippen MR) is 71.6 cm³/mol. The highest BCUT2D eigenvalue weighted by Crippen LogP contribution is 2.39. The van der Waals surface area contributed by atoms with Crippen molar-refractivity contribution in [3.8, 4) is 0 Å². The van der Waals surface area contributed by atoms with Gasteiger partial charge in [-0.3, -0.25) is 0 Å². The maximum atomic E-state index is 6.55. The van der Waals surface area contributed by atoms with Gasteiger partial charge in [0.2, 0.25) is 0 Å². The van der Waals surface area contributed by atoms with E-state index in [0.717, 1.165) is 19.3 Å². The van der Waals surface area contributed by atoms with Crippen LogP contribution >= 0.6 is 0 Å². The molecule has 1 aromatic carbocycles. The van der Waals surface area contributed by atoms with Gasteiger partial charge < -0.3 is 5.73 Å². The Bertz CT molecular complexity index is 315. The van der Waals surface area contributed by atoms with Gasteiger partial charge in [-0.2, -0.15) is 0 Å². The van der Waals surface area contributed by atoms with Crippen LogP contribution in [0.25, 0.3) is 0 Å². The molecule has 2 unspecified atom stereocenters. The van der Waals surface area contributed by atoms with Crippen LogP contribution in [0, 0.1) is 0 Å². The Labute approximate surface area is 100 Å². The number of rotatable bonds is 5. The third-order valence-electron chi connectivity index (χ3n) is 4.15. The molecule has 0 heterocycles. The molecule has 0 radical (unpaired) electrons. The van der Waals surface area contributed by atoms with Crippen molar-refractivity contribution in [3.63, 3.8) is 0 Å². The fourth-order valence-corrected chi connectivity index (χ4v) is 2.54. The molecule has 1 nitrogen and oxygen atoms in total. The average Bonchev–Trinajstić information content (AvgIpc) is 2.29.